The molecular formula is C64H48N2. The summed E-state index contributed by atoms with van der Waals surface area (Å²) in [5.74, 6) is 0. The Kier molecular flexibility index (Phi) is 9.43. The van der Waals surface area contributed by atoms with Gasteiger partial charge in [-0.1, -0.05) is 196 Å². The van der Waals surface area contributed by atoms with E-state index in [1.54, 1.807) is 0 Å². The van der Waals surface area contributed by atoms with Gasteiger partial charge in [-0.3, -0.25) is 0 Å². The van der Waals surface area contributed by atoms with Crippen LogP contribution in [0.4, 0.5) is 34.1 Å². The van der Waals surface area contributed by atoms with E-state index in [0.717, 1.165) is 34.1 Å². The zero-order valence-corrected chi connectivity index (χ0v) is 37.1. The molecule has 0 saturated heterocycles. The summed E-state index contributed by atoms with van der Waals surface area (Å²) in [7, 11) is 0. The molecule has 0 radical (unpaired) electrons. The molecule has 2 aliphatic carbocycles. The van der Waals surface area contributed by atoms with Crippen molar-refractivity contribution in [3.8, 4) is 33.4 Å². The minimum absolute atomic E-state index is 0.107. The number of para-hydroxylation sites is 2. The van der Waals surface area contributed by atoms with Crippen molar-refractivity contribution in [2.24, 2.45) is 0 Å². The standard InChI is InChI=1S/C64H48N2/c1-63(2)59-27-15-12-24-55(59)58-43-42-54(44-62(58)63)66(50-22-10-5-11-23-50)53-40-34-48(35-41-53)64(60-28-16-13-25-56(60)57-26-14-17-29-61(57)64)47-32-38-52(39-33-47)65(49-20-8-4-9-21-49)51-36-30-46(31-37-51)45-18-6-3-7-19-45/h3-44H,1-2H3. The summed E-state index contributed by atoms with van der Waals surface area (Å²) in [5, 5.41) is 0. The molecule has 0 heterocycles. The number of hydrogen-bond acceptors (Lipinski definition) is 2. The van der Waals surface area contributed by atoms with E-state index in [1.165, 1.54) is 66.8 Å². The third kappa shape index (κ3) is 6.25. The lowest BCUT2D eigenvalue weighted by Gasteiger charge is -2.35. The summed E-state index contributed by atoms with van der Waals surface area (Å²) < 4.78 is 0. The van der Waals surface area contributed by atoms with E-state index in [9.17, 15) is 0 Å². The van der Waals surface area contributed by atoms with E-state index in [4.69, 9.17) is 0 Å². The summed E-state index contributed by atoms with van der Waals surface area (Å²) in [6.07, 6.45) is 0. The third-order valence-electron chi connectivity index (χ3n) is 14.2. The number of benzene rings is 10. The van der Waals surface area contributed by atoms with Gasteiger partial charge in [0.15, 0.2) is 0 Å². The molecule has 0 aromatic heterocycles. The van der Waals surface area contributed by atoms with Gasteiger partial charge in [0.05, 0.1) is 5.41 Å². The molecule has 0 saturated carbocycles. The van der Waals surface area contributed by atoms with Crippen molar-refractivity contribution >= 4 is 34.1 Å². The van der Waals surface area contributed by atoms with Crippen molar-refractivity contribution in [2.45, 2.75) is 24.7 Å². The topological polar surface area (TPSA) is 6.48 Å². The van der Waals surface area contributed by atoms with Crippen LogP contribution in [0, 0.1) is 0 Å². The quantitative estimate of drug-likeness (QED) is 0.143. The van der Waals surface area contributed by atoms with Gasteiger partial charge in [-0.15, -0.1) is 0 Å². The highest BCUT2D eigenvalue weighted by atomic mass is 15.1. The van der Waals surface area contributed by atoms with Gasteiger partial charge in [0, 0.05) is 39.5 Å². The fourth-order valence-electron chi connectivity index (χ4n) is 11.1. The first kappa shape index (κ1) is 39.4. The molecule has 0 unspecified atom stereocenters. The average molecular weight is 845 g/mol. The number of anilines is 6. The maximum atomic E-state index is 2.42. The van der Waals surface area contributed by atoms with Crippen LogP contribution in [0.5, 0.6) is 0 Å². The van der Waals surface area contributed by atoms with E-state index >= 15 is 0 Å². The van der Waals surface area contributed by atoms with Crippen LogP contribution in [0.15, 0.2) is 255 Å². The van der Waals surface area contributed by atoms with E-state index in [-0.39, 0.29) is 5.41 Å². The Bertz CT molecular complexity index is 3310. The molecule has 0 spiro atoms. The Balaban J connectivity index is 0.984. The highest BCUT2D eigenvalue weighted by Crippen LogP contribution is 2.57. The van der Waals surface area contributed by atoms with E-state index in [2.05, 4.69) is 278 Å². The normalized spacial score (nSPS) is 13.5. The molecule has 314 valence electrons. The Morgan fingerprint density at radius 2 is 0.591 bits per heavy atom. The minimum atomic E-state index is -0.555. The maximum Gasteiger partial charge on any atom is 0.0713 e. The van der Waals surface area contributed by atoms with Gasteiger partial charge >= 0.3 is 0 Å². The van der Waals surface area contributed by atoms with Crippen molar-refractivity contribution in [3.05, 3.63) is 288 Å². The highest BCUT2D eigenvalue weighted by molar-refractivity contribution is 5.89. The average Bonchev–Trinajstić information content (AvgIpc) is 3.81. The van der Waals surface area contributed by atoms with Crippen LogP contribution in [0.2, 0.25) is 0 Å². The number of rotatable bonds is 9. The Morgan fingerprint density at radius 1 is 0.258 bits per heavy atom. The smallest absolute Gasteiger partial charge is 0.0713 e. The Labute approximate surface area is 388 Å². The summed E-state index contributed by atoms with van der Waals surface area (Å²) in [5.41, 5.74) is 21.4. The first-order valence-corrected chi connectivity index (χ1v) is 23.0. The summed E-state index contributed by atoms with van der Waals surface area (Å²) in [6, 6.07) is 93.6. The lowest BCUT2D eigenvalue weighted by atomic mass is 9.67. The van der Waals surface area contributed by atoms with E-state index in [0.29, 0.717) is 0 Å². The van der Waals surface area contributed by atoms with Crippen molar-refractivity contribution in [1.29, 1.82) is 0 Å². The molecule has 10 aromatic rings. The number of nitrogens with zero attached hydrogens (tertiary/aromatic N) is 2. The fourth-order valence-corrected chi connectivity index (χ4v) is 11.1. The molecule has 2 heteroatoms. The van der Waals surface area contributed by atoms with Crippen molar-refractivity contribution in [3.63, 3.8) is 0 Å². The monoisotopic (exact) mass is 844 g/mol. The molecule has 12 rings (SSSR count). The van der Waals surface area contributed by atoms with Gasteiger partial charge in [-0.25, -0.2) is 0 Å². The van der Waals surface area contributed by atoms with Gasteiger partial charge in [-0.2, -0.15) is 0 Å². The first-order chi connectivity index (χ1) is 32.5. The summed E-state index contributed by atoms with van der Waals surface area (Å²) >= 11 is 0. The second-order valence-corrected chi connectivity index (χ2v) is 18.1. The Morgan fingerprint density at radius 3 is 1.09 bits per heavy atom. The molecule has 2 nitrogen and oxygen atoms in total. The van der Waals surface area contributed by atoms with Gasteiger partial charge in [0.2, 0.25) is 0 Å². The van der Waals surface area contributed by atoms with Crippen LogP contribution >= 0.6 is 0 Å². The minimum Gasteiger partial charge on any atom is -0.311 e. The molecule has 0 amide bonds. The molecule has 0 bridgehead atoms. The fraction of sp³-hybridized carbons (Fsp3) is 0.0625. The van der Waals surface area contributed by atoms with Gasteiger partial charge in [0.25, 0.3) is 0 Å². The zero-order chi connectivity index (χ0) is 44.2. The van der Waals surface area contributed by atoms with Crippen molar-refractivity contribution < 1.29 is 0 Å². The lowest BCUT2D eigenvalue weighted by molar-refractivity contribution is 0.660. The van der Waals surface area contributed by atoms with Gasteiger partial charge in [-0.05, 0) is 140 Å². The largest absolute Gasteiger partial charge is 0.311 e. The summed E-state index contributed by atoms with van der Waals surface area (Å²) in [4.78, 5) is 4.76. The van der Waals surface area contributed by atoms with Crippen LogP contribution < -0.4 is 9.80 Å². The van der Waals surface area contributed by atoms with Crippen molar-refractivity contribution in [1.82, 2.24) is 0 Å². The van der Waals surface area contributed by atoms with Crippen LogP contribution in [0.3, 0.4) is 0 Å². The number of fused-ring (bicyclic) bond motifs is 6. The first-order valence-electron chi connectivity index (χ1n) is 23.0. The second-order valence-electron chi connectivity index (χ2n) is 18.1. The lowest BCUT2D eigenvalue weighted by Crippen LogP contribution is -2.28. The van der Waals surface area contributed by atoms with E-state index < -0.39 is 5.41 Å². The molecular weight excluding hydrogens is 797 g/mol. The zero-order valence-electron chi connectivity index (χ0n) is 37.1. The molecule has 66 heavy (non-hydrogen) atoms. The SMILES string of the molecule is CC1(C)c2ccccc2-c2ccc(N(c3ccccc3)c3ccc(C4(c5ccc(N(c6ccccc6)c6ccc(-c7ccccc7)cc6)cc5)c5ccccc5-c5ccccc54)cc3)cc21. The summed E-state index contributed by atoms with van der Waals surface area (Å²) in [6.45, 7) is 4.71. The molecule has 0 atom stereocenters. The molecule has 0 fully saturated rings. The van der Waals surface area contributed by atoms with Crippen molar-refractivity contribution in [2.75, 3.05) is 9.80 Å². The molecule has 0 N–H and O–H groups in total. The van der Waals surface area contributed by atoms with Gasteiger partial charge in [0.1, 0.15) is 0 Å². The molecule has 10 aromatic carbocycles. The van der Waals surface area contributed by atoms with Crippen LogP contribution in [0.1, 0.15) is 47.2 Å². The Hall–Kier alpha value is -8.20. The van der Waals surface area contributed by atoms with Gasteiger partial charge < -0.3 is 9.80 Å². The maximum absolute atomic E-state index is 2.42. The predicted octanol–water partition coefficient (Wildman–Crippen LogP) is 17.0. The molecule has 0 aliphatic heterocycles. The van der Waals surface area contributed by atoms with Crippen LogP contribution in [0.25, 0.3) is 33.4 Å². The predicted molar refractivity (Wildman–Crippen MR) is 276 cm³/mol. The second kappa shape index (κ2) is 15.8. The van der Waals surface area contributed by atoms with E-state index in [1.807, 2.05) is 0 Å². The van der Waals surface area contributed by atoms with Crippen LogP contribution in [-0.2, 0) is 10.8 Å². The highest BCUT2D eigenvalue weighted by Gasteiger charge is 2.46. The molecule has 2 aliphatic rings. The number of hydrogen-bond donors (Lipinski definition) is 0. The van der Waals surface area contributed by atoms with Crippen LogP contribution in [-0.4, -0.2) is 0 Å². The third-order valence-corrected chi connectivity index (χ3v) is 14.2.